The highest BCUT2D eigenvalue weighted by atomic mass is 32.2. The summed E-state index contributed by atoms with van der Waals surface area (Å²) < 4.78 is 1.62. The number of fused-ring (bicyclic) bond motifs is 1. The van der Waals surface area contributed by atoms with Gasteiger partial charge in [0.25, 0.3) is 5.56 Å². The van der Waals surface area contributed by atoms with Crippen molar-refractivity contribution in [1.82, 2.24) is 25.1 Å². The number of hydrogen-bond acceptors (Lipinski definition) is 6. The van der Waals surface area contributed by atoms with Crippen molar-refractivity contribution in [3.8, 4) is 5.69 Å². The Morgan fingerprint density at radius 3 is 2.86 bits per heavy atom. The Balaban J connectivity index is 1.55. The van der Waals surface area contributed by atoms with Crippen LogP contribution in [-0.4, -0.2) is 30.9 Å². The summed E-state index contributed by atoms with van der Waals surface area (Å²) in [6, 6.07) is 13.4. The molecule has 1 aromatic carbocycles. The van der Waals surface area contributed by atoms with Crippen molar-refractivity contribution in [2.75, 3.05) is 0 Å². The first-order valence-corrected chi connectivity index (χ1v) is 10.4. The number of carbonyl (C=O) groups is 1. The quantitative estimate of drug-likeness (QED) is 0.376. The monoisotopic (exact) mass is 411 g/mol. The number of aromatic nitrogens is 4. The van der Waals surface area contributed by atoms with Crippen molar-refractivity contribution in [2.45, 2.75) is 23.9 Å². The lowest BCUT2D eigenvalue weighted by molar-refractivity contribution is -0.120. The number of hydrogen-bond donors (Lipinski definition) is 2. The molecule has 1 amide bonds. The van der Waals surface area contributed by atoms with Crippen molar-refractivity contribution in [2.24, 2.45) is 0 Å². The summed E-state index contributed by atoms with van der Waals surface area (Å²) in [5.41, 5.74) is 0.998. The largest absolute Gasteiger partial charge is 0.350 e. The van der Waals surface area contributed by atoms with Gasteiger partial charge in [-0.05, 0) is 30.5 Å². The third kappa shape index (κ3) is 3.85. The van der Waals surface area contributed by atoms with Crippen molar-refractivity contribution >= 4 is 40.0 Å². The fraction of sp³-hybridized carbons (Fsp3) is 0.158. The van der Waals surface area contributed by atoms with Crippen LogP contribution >= 0.6 is 23.1 Å². The normalized spacial score (nSPS) is 12.2. The van der Waals surface area contributed by atoms with Crippen LogP contribution in [0.25, 0.3) is 16.7 Å². The Morgan fingerprint density at radius 2 is 2.11 bits per heavy atom. The molecule has 0 aliphatic carbocycles. The Kier molecular flexibility index (Phi) is 5.27. The number of rotatable bonds is 6. The van der Waals surface area contributed by atoms with Gasteiger partial charge in [-0.2, -0.15) is 5.10 Å². The zero-order valence-electron chi connectivity index (χ0n) is 15.0. The maximum Gasteiger partial charge on any atom is 0.262 e. The van der Waals surface area contributed by atoms with Crippen LogP contribution in [0, 0.1) is 0 Å². The Morgan fingerprint density at radius 1 is 1.29 bits per heavy atom. The van der Waals surface area contributed by atoms with Gasteiger partial charge in [-0.3, -0.25) is 9.59 Å². The molecule has 7 nitrogen and oxygen atoms in total. The van der Waals surface area contributed by atoms with E-state index in [1.165, 1.54) is 18.0 Å². The third-order valence-corrected chi connectivity index (χ3v) is 5.95. The van der Waals surface area contributed by atoms with E-state index in [9.17, 15) is 9.59 Å². The molecule has 0 saturated heterocycles. The van der Waals surface area contributed by atoms with E-state index in [1.807, 2.05) is 47.8 Å². The second kappa shape index (κ2) is 7.99. The highest BCUT2D eigenvalue weighted by Gasteiger charge is 2.18. The topological polar surface area (TPSA) is 92.7 Å². The number of thioether (sulfide) groups is 1. The molecule has 28 heavy (non-hydrogen) atoms. The van der Waals surface area contributed by atoms with E-state index < -0.39 is 5.25 Å². The van der Waals surface area contributed by atoms with E-state index in [0.29, 0.717) is 22.7 Å². The summed E-state index contributed by atoms with van der Waals surface area (Å²) in [6.07, 6.45) is 1.50. The molecular formula is C19H17N5O2S2. The predicted octanol–water partition coefficient (Wildman–Crippen LogP) is 2.97. The lowest BCUT2D eigenvalue weighted by Gasteiger charge is -2.11. The van der Waals surface area contributed by atoms with Crippen molar-refractivity contribution in [3.63, 3.8) is 0 Å². The van der Waals surface area contributed by atoms with Gasteiger partial charge in [0, 0.05) is 4.88 Å². The lowest BCUT2D eigenvalue weighted by Crippen LogP contribution is -2.30. The fourth-order valence-electron chi connectivity index (χ4n) is 2.66. The molecule has 4 rings (SSSR count). The van der Waals surface area contributed by atoms with Gasteiger partial charge >= 0.3 is 0 Å². The fourth-order valence-corrected chi connectivity index (χ4v) is 4.13. The molecule has 0 fully saturated rings. The van der Waals surface area contributed by atoms with Crippen molar-refractivity contribution < 1.29 is 4.79 Å². The third-order valence-electron chi connectivity index (χ3n) is 4.09. The summed E-state index contributed by atoms with van der Waals surface area (Å²) in [7, 11) is 0. The molecule has 9 heteroatoms. The maximum atomic E-state index is 12.4. The summed E-state index contributed by atoms with van der Waals surface area (Å²) in [5.74, 6) is -0.113. The zero-order chi connectivity index (χ0) is 19.5. The minimum atomic E-state index is -0.409. The van der Waals surface area contributed by atoms with E-state index in [1.54, 1.807) is 22.9 Å². The smallest absolute Gasteiger partial charge is 0.262 e. The molecule has 0 radical (unpaired) electrons. The number of carbonyl (C=O) groups excluding carboxylic acids is 1. The maximum absolute atomic E-state index is 12.4. The van der Waals surface area contributed by atoms with Crippen LogP contribution in [0.2, 0.25) is 0 Å². The lowest BCUT2D eigenvalue weighted by atomic mass is 10.3. The van der Waals surface area contributed by atoms with Gasteiger partial charge in [0.1, 0.15) is 5.39 Å². The van der Waals surface area contributed by atoms with Crippen LogP contribution in [0.4, 0.5) is 0 Å². The van der Waals surface area contributed by atoms with E-state index in [4.69, 9.17) is 0 Å². The Labute approximate surface area is 168 Å². The molecule has 0 bridgehead atoms. The SMILES string of the molecule is CC(Sc1nc2c(cnn2-c2ccccc2)c(=O)[nH]1)C(=O)NCc1cccs1. The summed E-state index contributed by atoms with van der Waals surface area (Å²) >= 11 is 2.80. The van der Waals surface area contributed by atoms with Gasteiger partial charge in [-0.25, -0.2) is 9.67 Å². The minimum Gasteiger partial charge on any atom is -0.350 e. The Hall–Kier alpha value is -2.91. The summed E-state index contributed by atoms with van der Waals surface area (Å²) in [5, 5.41) is 9.54. The molecule has 1 unspecified atom stereocenters. The average Bonchev–Trinajstić information content (AvgIpc) is 3.36. The number of benzene rings is 1. The molecule has 0 saturated carbocycles. The standard InChI is InChI=1S/C19H17N5O2S2/c1-12(17(25)20-10-14-8-5-9-27-14)28-19-22-16-15(18(26)23-19)11-21-24(16)13-6-3-2-4-7-13/h2-9,11-12H,10H2,1H3,(H,20,25)(H,22,23,26). The van der Waals surface area contributed by atoms with Crippen LogP contribution in [0.5, 0.6) is 0 Å². The first-order valence-electron chi connectivity index (χ1n) is 8.62. The van der Waals surface area contributed by atoms with Gasteiger partial charge in [0.05, 0.1) is 23.7 Å². The van der Waals surface area contributed by atoms with Crippen molar-refractivity contribution in [1.29, 1.82) is 0 Å². The van der Waals surface area contributed by atoms with E-state index in [0.717, 1.165) is 10.6 Å². The van der Waals surface area contributed by atoms with Crippen LogP contribution in [-0.2, 0) is 11.3 Å². The van der Waals surface area contributed by atoms with Crippen LogP contribution in [0.15, 0.2) is 64.0 Å². The number of para-hydroxylation sites is 1. The molecule has 3 heterocycles. The van der Waals surface area contributed by atoms with E-state index >= 15 is 0 Å². The summed E-state index contributed by atoms with van der Waals surface area (Å²) in [6.45, 7) is 2.28. The second-order valence-electron chi connectivity index (χ2n) is 6.06. The van der Waals surface area contributed by atoms with Gasteiger partial charge in [0.15, 0.2) is 10.8 Å². The molecule has 0 spiro atoms. The molecule has 1 atom stereocenters. The number of amides is 1. The van der Waals surface area contributed by atoms with Gasteiger partial charge in [-0.15, -0.1) is 11.3 Å². The predicted molar refractivity (Wildman–Crippen MR) is 111 cm³/mol. The summed E-state index contributed by atoms with van der Waals surface area (Å²) in [4.78, 5) is 33.1. The van der Waals surface area contributed by atoms with Gasteiger partial charge in [0.2, 0.25) is 5.91 Å². The van der Waals surface area contributed by atoms with E-state index in [2.05, 4.69) is 20.4 Å². The van der Waals surface area contributed by atoms with E-state index in [-0.39, 0.29) is 11.5 Å². The number of nitrogens with one attached hydrogen (secondary N) is 2. The van der Waals surface area contributed by atoms with Gasteiger partial charge in [-0.1, -0.05) is 36.0 Å². The van der Waals surface area contributed by atoms with Crippen LogP contribution < -0.4 is 10.9 Å². The molecule has 2 N–H and O–H groups in total. The number of nitrogens with zero attached hydrogens (tertiary/aromatic N) is 3. The van der Waals surface area contributed by atoms with Crippen LogP contribution in [0.1, 0.15) is 11.8 Å². The molecule has 142 valence electrons. The molecule has 0 aliphatic rings. The number of H-pyrrole nitrogens is 1. The average molecular weight is 412 g/mol. The van der Waals surface area contributed by atoms with Crippen molar-refractivity contribution in [3.05, 3.63) is 69.3 Å². The minimum absolute atomic E-state index is 0.113. The highest BCUT2D eigenvalue weighted by Crippen LogP contribution is 2.21. The highest BCUT2D eigenvalue weighted by molar-refractivity contribution is 8.00. The second-order valence-corrected chi connectivity index (χ2v) is 8.42. The number of thiophene rings is 1. The van der Waals surface area contributed by atoms with Crippen LogP contribution in [0.3, 0.4) is 0 Å². The Bertz CT molecular complexity index is 1150. The number of aromatic amines is 1. The molecule has 0 aliphatic heterocycles. The molecule has 4 aromatic rings. The first kappa shape index (κ1) is 18.5. The van der Waals surface area contributed by atoms with Gasteiger partial charge < -0.3 is 10.3 Å². The first-order chi connectivity index (χ1) is 13.6. The molecular weight excluding hydrogens is 394 g/mol. The molecule has 3 aromatic heterocycles. The zero-order valence-corrected chi connectivity index (χ0v) is 16.6.